The Morgan fingerprint density at radius 2 is 1.90 bits per heavy atom. The molecule has 0 unspecified atom stereocenters. The van der Waals surface area contributed by atoms with Crippen LogP contribution < -0.4 is 4.74 Å². The van der Waals surface area contributed by atoms with E-state index in [1.807, 2.05) is 24.3 Å². The molecule has 0 N–H and O–H groups in total. The Kier molecular flexibility index (Phi) is 5.44. The van der Waals surface area contributed by atoms with Gasteiger partial charge in [0.1, 0.15) is 5.75 Å². The summed E-state index contributed by atoms with van der Waals surface area (Å²) in [7, 11) is 0. The average Bonchev–Trinajstić information content (AvgIpc) is 2.93. The molecule has 1 aliphatic rings. The summed E-state index contributed by atoms with van der Waals surface area (Å²) in [5, 5.41) is 0. The zero-order chi connectivity index (χ0) is 15.3. The minimum Gasteiger partial charge on any atom is -0.493 e. The summed E-state index contributed by atoms with van der Waals surface area (Å²) < 4.78 is 5.80. The van der Waals surface area contributed by atoms with Crippen molar-refractivity contribution in [3.8, 4) is 5.75 Å². The van der Waals surface area contributed by atoms with Crippen LogP contribution in [-0.4, -0.2) is 12.4 Å². The lowest BCUT2D eigenvalue weighted by Crippen LogP contribution is -2.30. The van der Waals surface area contributed by atoms with E-state index in [0.717, 1.165) is 37.0 Å². The molecule has 1 aromatic rings. The molecule has 0 aliphatic heterocycles. The van der Waals surface area contributed by atoms with Crippen LogP contribution in [0, 0.1) is 11.3 Å². The topological polar surface area (TPSA) is 26.3 Å². The van der Waals surface area contributed by atoms with Gasteiger partial charge >= 0.3 is 0 Å². The normalized spacial score (nSPS) is 17.1. The number of ether oxygens (including phenoxy) is 1. The predicted octanol–water partition coefficient (Wildman–Crippen LogP) is 5.26. The Balaban J connectivity index is 2.29. The largest absolute Gasteiger partial charge is 0.493 e. The van der Waals surface area contributed by atoms with Crippen molar-refractivity contribution in [3.63, 3.8) is 0 Å². The van der Waals surface area contributed by atoms with Gasteiger partial charge in [-0.15, -0.1) is 0 Å². The highest BCUT2D eigenvalue weighted by atomic mass is 16.5. The molecule has 0 saturated heterocycles. The first kappa shape index (κ1) is 16.1. The molecule has 0 bridgehead atoms. The summed E-state index contributed by atoms with van der Waals surface area (Å²) in [4.78, 5) is 13.2. The number of rotatable bonds is 7. The maximum Gasteiger partial charge on any atom is 0.172 e. The second-order valence-corrected chi connectivity index (χ2v) is 6.76. The minimum atomic E-state index is -0.153. The van der Waals surface area contributed by atoms with Crippen molar-refractivity contribution in [3.05, 3.63) is 29.8 Å². The van der Waals surface area contributed by atoms with Gasteiger partial charge in [0.2, 0.25) is 0 Å². The number of para-hydroxylation sites is 1. The molecule has 2 heteroatoms. The Morgan fingerprint density at radius 1 is 1.24 bits per heavy atom. The number of Topliss-reactive ketones (excluding diaryl/α,β-unsaturated/α-hetero) is 1. The fourth-order valence-electron chi connectivity index (χ4n) is 3.63. The van der Waals surface area contributed by atoms with Crippen LogP contribution in [0.1, 0.15) is 69.7 Å². The van der Waals surface area contributed by atoms with Crippen LogP contribution in [0.4, 0.5) is 0 Å². The molecule has 0 amide bonds. The highest BCUT2D eigenvalue weighted by Crippen LogP contribution is 2.46. The van der Waals surface area contributed by atoms with Crippen molar-refractivity contribution < 1.29 is 9.53 Å². The third-order valence-electron chi connectivity index (χ3n) is 4.43. The maximum absolute atomic E-state index is 13.2. The lowest BCUT2D eigenvalue weighted by molar-refractivity contribution is 0.0755. The van der Waals surface area contributed by atoms with Crippen molar-refractivity contribution in [2.45, 2.75) is 59.3 Å². The van der Waals surface area contributed by atoms with Gasteiger partial charge in [0.25, 0.3) is 0 Å². The molecule has 0 radical (unpaired) electrons. The number of carbonyl (C=O) groups is 1. The van der Waals surface area contributed by atoms with Gasteiger partial charge in [-0.25, -0.2) is 0 Å². The molecule has 0 atom stereocenters. The molecule has 1 aromatic carbocycles. The van der Waals surface area contributed by atoms with Gasteiger partial charge in [0, 0.05) is 5.41 Å². The number of hydrogen-bond donors (Lipinski definition) is 0. The van der Waals surface area contributed by atoms with Gasteiger partial charge < -0.3 is 4.74 Å². The molecule has 21 heavy (non-hydrogen) atoms. The fourth-order valence-corrected chi connectivity index (χ4v) is 3.63. The van der Waals surface area contributed by atoms with Gasteiger partial charge in [-0.05, 0) is 43.7 Å². The van der Waals surface area contributed by atoms with E-state index in [2.05, 4.69) is 20.8 Å². The van der Waals surface area contributed by atoms with Crippen molar-refractivity contribution >= 4 is 5.78 Å². The first-order valence-electron chi connectivity index (χ1n) is 8.35. The summed E-state index contributed by atoms with van der Waals surface area (Å²) >= 11 is 0. The van der Waals surface area contributed by atoms with E-state index in [4.69, 9.17) is 4.74 Å². The second kappa shape index (κ2) is 7.11. The monoisotopic (exact) mass is 288 g/mol. The molecule has 0 aromatic heterocycles. The van der Waals surface area contributed by atoms with E-state index < -0.39 is 0 Å². The number of ketones is 1. The summed E-state index contributed by atoms with van der Waals surface area (Å²) in [6.45, 7) is 7.18. The third-order valence-corrected chi connectivity index (χ3v) is 4.43. The highest BCUT2D eigenvalue weighted by Gasteiger charge is 2.42. The van der Waals surface area contributed by atoms with E-state index in [9.17, 15) is 4.79 Å². The minimum absolute atomic E-state index is 0.153. The van der Waals surface area contributed by atoms with Crippen LogP contribution in [-0.2, 0) is 0 Å². The van der Waals surface area contributed by atoms with E-state index in [1.165, 1.54) is 12.8 Å². The number of carbonyl (C=O) groups excluding carboxylic acids is 1. The average molecular weight is 288 g/mol. The molecular formula is C19H28O2. The molecule has 1 saturated carbocycles. The molecule has 0 spiro atoms. The SMILES string of the molecule is CCCOc1ccccc1C(=O)C1(CC(C)C)CCCC1. The zero-order valence-corrected chi connectivity index (χ0v) is 13.7. The van der Waals surface area contributed by atoms with Gasteiger partial charge in [-0.3, -0.25) is 4.79 Å². The second-order valence-electron chi connectivity index (χ2n) is 6.76. The Bertz CT molecular complexity index is 470. The van der Waals surface area contributed by atoms with Gasteiger partial charge in [-0.2, -0.15) is 0 Å². The Labute approximate surface area is 128 Å². The van der Waals surface area contributed by atoms with Crippen LogP contribution in [0.25, 0.3) is 0 Å². The van der Waals surface area contributed by atoms with Crippen LogP contribution in [0.3, 0.4) is 0 Å². The van der Waals surface area contributed by atoms with E-state index in [1.54, 1.807) is 0 Å². The van der Waals surface area contributed by atoms with Crippen LogP contribution in [0.5, 0.6) is 5.75 Å². The Morgan fingerprint density at radius 3 is 2.52 bits per heavy atom. The molecule has 116 valence electrons. The van der Waals surface area contributed by atoms with Crippen molar-refractivity contribution in [2.24, 2.45) is 11.3 Å². The van der Waals surface area contributed by atoms with Crippen molar-refractivity contribution in [1.29, 1.82) is 0 Å². The summed E-state index contributed by atoms with van der Waals surface area (Å²) in [6.07, 6.45) is 6.37. The molecule has 1 fully saturated rings. The molecule has 2 nitrogen and oxygen atoms in total. The highest BCUT2D eigenvalue weighted by molar-refractivity contribution is 6.03. The lowest BCUT2D eigenvalue weighted by atomic mass is 9.73. The van der Waals surface area contributed by atoms with Crippen LogP contribution in [0.2, 0.25) is 0 Å². The summed E-state index contributed by atoms with van der Waals surface area (Å²) in [5.74, 6) is 1.62. The maximum atomic E-state index is 13.2. The first-order chi connectivity index (χ1) is 10.1. The van der Waals surface area contributed by atoms with E-state index >= 15 is 0 Å². The molecule has 2 rings (SSSR count). The van der Waals surface area contributed by atoms with E-state index in [0.29, 0.717) is 18.3 Å². The lowest BCUT2D eigenvalue weighted by Gasteiger charge is -2.30. The number of hydrogen-bond acceptors (Lipinski definition) is 2. The number of benzene rings is 1. The molecule has 0 heterocycles. The smallest absolute Gasteiger partial charge is 0.172 e. The zero-order valence-electron chi connectivity index (χ0n) is 13.7. The van der Waals surface area contributed by atoms with Crippen LogP contribution >= 0.6 is 0 Å². The van der Waals surface area contributed by atoms with Gasteiger partial charge in [0.15, 0.2) is 5.78 Å². The quantitative estimate of drug-likeness (QED) is 0.639. The standard InChI is InChI=1S/C19H28O2/c1-4-13-21-17-10-6-5-9-16(17)18(20)19(14-15(2)3)11-7-8-12-19/h5-6,9-10,15H,4,7-8,11-14H2,1-3H3. The van der Waals surface area contributed by atoms with Gasteiger partial charge in [-0.1, -0.05) is 45.7 Å². The van der Waals surface area contributed by atoms with Crippen molar-refractivity contribution in [2.75, 3.05) is 6.61 Å². The summed E-state index contributed by atoms with van der Waals surface area (Å²) in [5.41, 5.74) is 0.633. The van der Waals surface area contributed by atoms with Gasteiger partial charge in [0.05, 0.1) is 12.2 Å². The molecular weight excluding hydrogens is 260 g/mol. The van der Waals surface area contributed by atoms with E-state index in [-0.39, 0.29) is 5.41 Å². The Hall–Kier alpha value is -1.31. The molecule has 1 aliphatic carbocycles. The third kappa shape index (κ3) is 3.66. The predicted molar refractivity (Wildman–Crippen MR) is 86.9 cm³/mol. The summed E-state index contributed by atoms with van der Waals surface area (Å²) in [6, 6.07) is 7.77. The van der Waals surface area contributed by atoms with Crippen LogP contribution in [0.15, 0.2) is 24.3 Å². The first-order valence-corrected chi connectivity index (χ1v) is 8.35. The van der Waals surface area contributed by atoms with Crippen molar-refractivity contribution in [1.82, 2.24) is 0 Å². The fraction of sp³-hybridized carbons (Fsp3) is 0.632.